The van der Waals surface area contributed by atoms with Gasteiger partial charge in [-0.3, -0.25) is 4.68 Å². The van der Waals surface area contributed by atoms with Crippen molar-refractivity contribution < 1.29 is 0 Å². The van der Waals surface area contributed by atoms with Crippen molar-refractivity contribution in [3.63, 3.8) is 0 Å². The molecule has 2 aromatic heterocycles. The maximum Gasteiger partial charge on any atom is 0.0925 e. The van der Waals surface area contributed by atoms with Crippen molar-refractivity contribution in [1.82, 2.24) is 19.7 Å². The Morgan fingerprint density at radius 3 is 2.83 bits per heavy atom. The van der Waals surface area contributed by atoms with E-state index in [0.29, 0.717) is 17.9 Å². The Morgan fingerprint density at radius 1 is 1.10 bits per heavy atom. The summed E-state index contributed by atoms with van der Waals surface area (Å²) in [6, 6.07) is 20.1. The second-order valence-electron chi connectivity index (χ2n) is 9.22. The average molecular weight is 397 g/mol. The van der Waals surface area contributed by atoms with Crippen molar-refractivity contribution >= 4 is 10.9 Å². The molecular weight excluding hydrogens is 368 g/mol. The number of likely N-dealkylation sites (N-methyl/N-ethyl adjacent to an activating group) is 1. The highest BCUT2D eigenvalue weighted by atomic mass is 15.3. The second kappa shape index (κ2) is 6.85. The first-order chi connectivity index (χ1) is 14.7. The van der Waals surface area contributed by atoms with Crippen molar-refractivity contribution in [2.45, 2.75) is 38.3 Å². The Bertz CT molecular complexity index is 1200. The van der Waals surface area contributed by atoms with Crippen LogP contribution in [0.5, 0.6) is 0 Å². The molecule has 152 valence electrons. The molecule has 30 heavy (non-hydrogen) atoms. The molecule has 4 nitrogen and oxygen atoms in total. The van der Waals surface area contributed by atoms with Gasteiger partial charge in [0.15, 0.2) is 0 Å². The van der Waals surface area contributed by atoms with Gasteiger partial charge in [-0.05, 0) is 56.0 Å². The second-order valence-corrected chi connectivity index (χ2v) is 9.22. The molecule has 3 heterocycles. The minimum Gasteiger partial charge on any atom is -0.361 e. The number of nitrogens with one attached hydrogen (secondary N) is 1. The van der Waals surface area contributed by atoms with Crippen LogP contribution in [0.25, 0.3) is 22.2 Å². The summed E-state index contributed by atoms with van der Waals surface area (Å²) >= 11 is 0. The van der Waals surface area contributed by atoms with Crippen LogP contribution in [0, 0.1) is 12.8 Å². The van der Waals surface area contributed by atoms with E-state index in [-0.39, 0.29) is 0 Å². The molecule has 2 aliphatic rings. The molecule has 6 rings (SSSR count). The van der Waals surface area contributed by atoms with Gasteiger partial charge in [-0.15, -0.1) is 0 Å². The molecule has 0 unspecified atom stereocenters. The molecular formula is C26H28N4. The third-order valence-electron chi connectivity index (χ3n) is 7.29. The third kappa shape index (κ3) is 2.82. The van der Waals surface area contributed by atoms with Gasteiger partial charge in [0.25, 0.3) is 0 Å². The molecule has 0 spiro atoms. The zero-order valence-electron chi connectivity index (χ0n) is 17.7. The average Bonchev–Trinajstić information content (AvgIpc) is 3.34. The lowest BCUT2D eigenvalue weighted by atomic mass is 9.72. The van der Waals surface area contributed by atoms with Crippen LogP contribution in [0.3, 0.4) is 0 Å². The molecule has 1 aliphatic heterocycles. The summed E-state index contributed by atoms with van der Waals surface area (Å²) < 4.78 is 2.23. The smallest absolute Gasteiger partial charge is 0.0925 e. The van der Waals surface area contributed by atoms with Crippen LogP contribution in [0.4, 0.5) is 0 Å². The largest absolute Gasteiger partial charge is 0.361 e. The molecule has 0 bridgehead atoms. The van der Waals surface area contributed by atoms with Crippen LogP contribution in [0.2, 0.25) is 0 Å². The lowest BCUT2D eigenvalue weighted by Gasteiger charge is -2.45. The van der Waals surface area contributed by atoms with Gasteiger partial charge in [-0.2, -0.15) is 5.10 Å². The zero-order valence-corrected chi connectivity index (χ0v) is 17.7. The fourth-order valence-corrected chi connectivity index (χ4v) is 5.88. The molecule has 2 aromatic carbocycles. The Labute approximate surface area is 177 Å². The van der Waals surface area contributed by atoms with E-state index in [1.54, 1.807) is 5.56 Å². The Balaban J connectivity index is 1.29. The van der Waals surface area contributed by atoms with E-state index in [1.807, 2.05) is 0 Å². The van der Waals surface area contributed by atoms with Crippen molar-refractivity contribution in [1.29, 1.82) is 0 Å². The van der Waals surface area contributed by atoms with Crippen LogP contribution in [-0.4, -0.2) is 39.3 Å². The first-order valence-corrected chi connectivity index (χ1v) is 11.1. The van der Waals surface area contributed by atoms with E-state index >= 15 is 0 Å². The summed E-state index contributed by atoms with van der Waals surface area (Å²) in [6.07, 6.45) is 4.62. The number of aromatic amines is 1. The number of nitrogens with zero attached hydrogens (tertiary/aromatic N) is 3. The predicted octanol–water partition coefficient (Wildman–Crippen LogP) is 5.00. The Kier molecular flexibility index (Phi) is 4.10. The third-order valence-corrected chi connectivity index (χ3v) is 7.29. The fraction of sp³-hybridized carbons (Fsp3) is 0.346. The molecule has 0 radical (unpaired) electrons. The Morgan fingerprint density at radius 2 is 1.97 bits per heavy atom. The highest BCUT2D eigenvalue weighted by molar-refractivity contribution is 5.88. The molecule has 4 aromatic rings. The van der Waals surface area contributed by atoms with E-state index in [2.05, 4.69) is 89.3 Å². The van der Waals surface area contributed by atoms with Crippen molar-refractivity contribution in [3.05, 3.63) is 77.6 Å². The van der Waals surface area contributed by atoms with Crippen molar-refractivity contribution in [3.8, 4) is 11.3 Å². The minimum absolute atomic E-state index is 0.602. The standard InChI is InChI=1S/C26H28N4/c1-17-11-24(19-7-4-3-5-8-19)28-30(17)16-18-12-22-21-9-6-10-23-26(21)20(14-27-23)13-25(22)29(2)15-18/h3-11,14,18,22,25,27H,12-13,15-16H2,1-2H3/t18-,22+,25+/m0/s1. The van der Waals surface area contributed by atoms with Gasteiger partial charge in [-0.25, -0.2) is 0 Å². The van der Waals surface area contributed by atoms with Crippen molar-refractivity contribution in [2.24, 2.45) is 5.92 Å². The first kappa shape index (κ1) is 18.0. The maximum absolute atomic E-state index is 4.96. The van der Waals surface area contributed by atoms with Crippen molar-refractivity contribution in [2.75, 3.05) is 13.6 Å². The van der Waals surface area contributed by atoms with E-state index in [9.17, 15) is 0 Å². The summed E-state index contributed by atoms with van der Waals surface area (Å²) in [7, 11) is 2.31. The number of aryl methyl sites for hydroxylation is 1. The van der Waals surface area contributed by atoms with Crippen LogP contribution in [0.15, 0.2) is 60.8 Å². The lowest BCUT2D eigenvalue weighted by Crippen LogP contribution is -2.48. The highest BCUT2D eigenvalue weighted by Gasteiger charge is 2.39. The van der Waals surface area contributed by atoms with Gasteiger partial charge in [0, 0.05) is 53.4 Å². The van der Waals surface area contributed by atoms with Gasteiger partial charge < -0.3 is 9.88 Å². The molecule has 1 fully saturated rings. The molecule has 0 amide bonds. The molecule has 1 aliphatic carbocycles. The number of hydrogen-bond acceptors (Lipinski definition) is 2. The molecule has 1 saturated heterocycles. The van der Waals surface area contributed by atoms with Crippen LogP contribution >= 0.6 is 0 Å². The van der Waals surface area contributed by atoms with E-state index < -0.39 is 0 Å². The fourth-order valence-electron chi connectivity index (χ4n) is 5.88. The van der Waals surface area contributed by atoms with E-state index in [1.165, 1.54) is 34.1 Å². The molecule has 4 heteroatoms. The predicted molar refractivity (Wildman–Crippen MR) is 122 cm³/mol. The number of aromatic nitrogens is 3. The number of fused-ring (bicyclic) bond motifs is 2. The number of rotatable bonds is 3. The quantitative estimate of drug-likeness (QED) is 0.529. The van der Waals surface area contributed by atoms with E-state index in [0.717, 1.165) is 25.2 Å². The van der Waals surface area contributed by atoms with Crippen LogP contribution in [0.1, 0.15) is 29.2 Å². The molecule has 0 saturated carbocycles. The summed E-state index contributed by atoms with van der Waals surface area (Å²) in [5.74, 6) is 1.21. The summed E-state index contributed by atoms with van der Waals surface area (Å²) in [5.41, 5.74) is 7.84. The Hall–Kier alpha value is -2.85. The summed E-state index contributed by atoms with van der Waals surface area (Å²) in [6.45, 7) is 4.31. The van der Waals surface area contributed by atoms with Gasteiger partial charge >= 0.3 is 0 Å². The van der Waals surface area contributed by atoms with Gasteiger partial charge in [0.2, 0.25) is 0 Å². The van der Waals surface area contributed by atoms with Crippen LogP contribution < -0.4 is 0 Å². The number of H-pyrrole nitrogens is 1. The topological polar surface area (TPSA) is 36.9 Å². The SMILES string of the molecule is Cc1cc(-c2ccccc2)nn1C[C@H]1C[C@@H]2c3cccc4[nH]cc(c34)C[C@H]2N(C)C1. The lowest BCUT2D eigenvalue weighted by molar-refractivity contribution is 0.101. The van der Waals surface area contributed by atoms with Gasteiger partial charge in [-0.1, -0.05) is 42.5 Å². The number of piperidine rings is 1. The normalized spacial score (nSPS) is 23.6. The molecule has 1 N–H and O–H groups in total. The number of hydrogen-bond donors (Lipinski definition) is 1. The van der Waals surface area contributed by atoms with E-state index in [4.69, 9.17) is 5.10 Å². The highest BCUT2D eigenvalue weighted by Crippen LogP contribution is 2.44. The minimum atomic E-state index is 0.602. The first-order valence-electron chi connectivity index (χ1n) is 11.1. The van der Waals surface area contributed by atoms with Gasteiger partial charge in [0.1, 0.15) is 0 Å². The molecule has 3 atom stereocenters. The monoisotopic (exact) mass is 396 g/mol. The van der Waals surface area contributed by atoms with Gasteiger partial charge in [0.05, 0.1) is 5.69 Å². The number of benzene rings is 2. The summed E-state index contributed by atoms with van der Waals surface area (Å²) in [5, 5.41) is 6.44. The zero-order chi connectivity index (χ0) is 20.2. The summed E-state index contributed by atoms with van der Waals surface area (Å²) in [4.78, 5) is 6.09. The maximum atomic E-state index is 4.96. The number of likely N-dealkylation sites (tertiary alicyclic amines) is 1. The van der Waals surface area contributed by atoms with Crippen LogP contribution in [-0.2, 0) is 13.0 Å².